The molecule has 2 aliphatic rings. The Bertz CT molecular complexity index is 513. The molecule has 0 bridgehead atoms. The summed E-state index contributed by atoms with van der Waals surface area (Å²) >= 11 is 12.3. The smallest absolute Gasteiger partial charge is 0.142 e. The molecule has 2 heterocycles. The van der Waals surface area contributed by atoms with Crippen molar-refractivity contribution in [3.8, 4) is 5.75 Å². The van der Waals surface area contributed by atoms with E-state index in [1.54, 1.807) is 6.07 Å². The van der Waals surface area contributed by atoms with Gasteiger partial charge in [0.25, 0.3) is 0 Å². The van der Waals surface area contributed by atoms with E-state index in [4.69, 9.17) is 32.7 Å². The van der Waals surface area contributed by atoms with Crippen molar-refractivity contribution in [1.29, 1.82) is 0 Å². The van der Waals surface area contributed by atoms with Gasteiger partial charge in [-0.25, -0.2) is 0 Å². The summed E-state index contributed by atoms with van der Waals surface area (Å²) in [6.07, 6.45) is 1.14. The fraction of sp³-hybridized carbons (Fsp3) is 0.600. The Morgan fingerprint density at radius 3 is 3.00 bits per heavy atom. The molecule has 0 aromatic heterocycles. The lowest BCUT2D eigenvalue weighted by molar-refractivity contribution is -0.0198. The van der Waals surface area contributed by atoms with Crippen LogP contribution in [0.1, 0.15) is 18.0 Å². The first-order valence-electron chi connectivity index (χ1n) is 7.29. The van der Waals surface area contributed by atoms with Crippen LogP contribution in [-0.2, 0) is 4.74 Å². The van der Waals surface area contributed by atoms with E-state index in [0.29, 0.717) is 16.7 Å². The minimum absolute atomic E-state index is 0.209. The van der Waals surface area contributed by atoms with Gasteiger partial charge in [-0.2, -0.15) is 0 Å². The summed E-state index contributed by atoms with van der Waals surface area (Å²) in [7, 11) is 2.12. The summed E-state index contributed by atoms with van der Waals surface area (Å²) in [6.45, 7) is 4.24. The van der Waals surface area contributed by atoms with E-state index in [0.717, 1.165) is 44.0 Å². The molecule has 116 valence electrons. The lowest BCUT2D eigenvalue weighted by Gasteiger charge is -2.33. The highest BCUT2D eigenvalue weighted by molar-refractivity contribution is 6.35. The Balaban J connectivity index is 1.67. The maximum absolute atomic E-state index is 6.21. The molecule has 2 atom stereocenters. The van der Waals surface area contributed by atoms with E-state index in [9.17, 15) is 0 Å². The van der Waals surface area contributed by atoms with Crippen LogP contribution >= 0.6 is 23.2 Å². The van der Waals surface area contributed by atoms with Gasteiger partial charge in [0, 0.05) is 42.7 Å². The number of likely N-dealkylation sites (N-methyl/N-ethyl adjacent to an activating group) is 1. The van der Waals surface area contributed by atoms with Gasteiger partial charge in [-0.15, -0.1) is 0 Å². The summed E-state index contributed by atoms with van der Waals surface area (Å²) in [5.74, 6) is 0.756. The van der Waals surface area contributed by atoms with E-state index in [-0.39, 0.29) is 12.1 Å². The lowest BCUT2D eigenvalue weighted by atomic mass is 10.00. The third kappa shape index (κ3) is 3.63. The summed E-state index contributed by atoms with van der Waals surface area (Å²) in [5.41, 5.74) is 1.04. The standard InChI is InChI=1S/C15H20Cl2N2O2/c1-19-3-5-20-11(9-19)8-18-14-2-4-21-15-12(14)6-10(16)7-13(15)17/h6-7,11,14,18H,2-5,8-9H2,1H3. The third-order valence-corrected chi connectivity index (χ3v) is 4.50. The number of rotatable bonds is 3. The maximum Gasteiger partial charge on any atom is 0.142 e. The van der Waals surface area contributed by atoms with Crippen LogP contribution in [0.25, 0.3) is 0 Å². The molecular formula is C15H20Cl2N2O2. The molecule has 4 nitrogen and oxygen atoms in total. The normalized spacial score (nSPS) is 26.2. The van der Waals surface area contributed by atoms with Crippen LogP contribution in [0.4, 0.5) is 0 Å². The molecule has 1 N–H and O–H groups in total. The van der Waals surface area contributed by atoms with Crippen molar-refractivity contribution >= 4 is 23.2 Å². The quantitative estimate of drug-likeness (QED) is 0.923. The second-order valence-electron chi connectivity index (χ2n) is 5.66. The van der Waals surface area contributed by atoms with Gasteiger partial charge in [-0.05, 0) is 19.2 Å². The van der Waals surface area contributed by atoms with E-state index in [1.165, 1.54) is 0 Å². The molecular weight excluding hydrogens is 311 g/mol. The number of fused-ring (bicyclic) bond motifs is 1. The molecule has 0 amide bonds. The van der Waals surface area contributed by atoms with Crippen molar-refractivity contribution in [3.63, 3.8) is 0 Å². The minimum Gasteiger partial charge on any atom is -0.492 e. The van der Waals surface area contributed by atoms with Gasteiger partial charge >= 0.3 is 0 Å². The number of ether oxygens (including phenoxy) is 2. The first kappa shape index (κ1) is 15.4. The summed E-state index contributed by atoms with van der Waals surface area (Å²) < 4.78 is 11.5. The number of hydrogen-bond donors (Lipinski definition) is 1. The highest BCUT2D eigenvalue weighted by Gasteiger charge is 2.26. The average Bonchev–Trinajstić information content (AvgIpc) is 2.45. The van der Waals surface area contributed by atoms with Crippen LogP contribution in [0.5, 0.6) is 5.75 Å². The number of benzene rings is 1. The molecule has 0 radical (unpaired) electrons. The Kier molecular flexibility index (Phi) is 4.92. The Labute approximate surface area is 135 Å². The predicted octanol–water partition coefficient (Wildman–Crippen LogP) is 2.74. The average molecular weight is 331 g/mol. The molecule has 1 fully saturated rings. The monoisotopic (exact) mass is 330 g/mol. The summed E-state index contributed by atoms with van der Waals surface area (Å²) in [5, 5.41) is 4.80. The second-order valence-corrected chi connectivity index (χ2v) is 6.50. The molecule has 0 aliphatic carbocycles. The molecule has 0 spiro atoms. The van der Waals surface area contributed by atoms with Gasteiger partial charge < -0.3 is 19.7 Å². The van der Waals surface area contributed by atoms with E-state index < -0.39 is 0 Å². The second kappa shape index (κ2) is 6.71. The minimum atomic E-state index is 0.209. The SMILES string of the molecule is CN1CCOC(CNC2CCOc3c(Cl)cc(Cl)cc32)C1. The molecule has 3 rings (SSSR count). The van der Waals surface area contributed by atoms with E-state index in [1.807, 2.05) is 6.07 Å². The zero-order valence-corrected chi connectivity index (χ0v) is 13.6. The molecule has 6 heteroatoms. The van der Waals surface area contributed by atoms with Gasteiger partial charge in [0.2, 0.25) is 0 Å². The molecule has 2 unspecified atom stereocenters. The molecule has 0 saturated carbocycles. The van der Waals surface area contributed by atoms with Crippen LogP contribution in [0, 0.1) is 0 Å². The van der Waals surface area contributed by atoms with Gasteiger partial charge in [-0.3, -0.25) is 0 Å². The van der Waals surface area contributed by atoms with Crippen LogP contribution in [0.3, 0.4) is 0 Å². The van der Waals surface area contributed by atoms with Gasteiger partial charge in [0.1, 0.15) is 5.75 Å². The Morgan fingerprint density at radius 1 is 1.33 bits per heavy atom. The predicted molar refractivity (Wildman–Crippen MR) is 84.6 cm³/mol. The number of nitrogens with one attached hydrogen (secondary N) is 1. The number of hydrogen-bond acceptors (Lipinski definition) is 4. The first-order chi connectivity index (χ1) is 10.1. The van der Waals surface area contributed by atoms with Crippen LogP contribution in [-0.4, -0.2) is 50.9 Å². The third-order valence-electron chi connectivity index (χ3n) is 4.00. The van der Waals surface area contributed by atoms with Crippen molar-refractivity contribution in [2.75, 3.05) is 39.9 Å². The lowest BCUT2D eigenvalue weighted by Crippen LogP contribution is -2.45. The van der Waals surface area contributed by atoms with Crippen molar-refractivity contribution in [3.05, 3.63) is 27.7 Å². The van der Waals surface area contributed by atoms with Crippen LogP contribution in [0.2, 0.25) is 10.0 Å². The van der Waals surface area contributed by atoms with Gasteiger partial charge in [-0.1, -0.05) is 23.2 Å². The van der Waals surface area contributed by atoms with Crippen LogP contribution < -0.4 is 10.1 Å². The highest BCUT2D eigenvalue weighted by atomic mass is 35.5. The highest BCUT2D eigenvalue weighted by Crippen LogP contribution is 2.39. The van der Waals surface area contributed by atoms with E-state index >= 15 is 0 Å². The topological polar surface area (TPSA) is 33.7 Å². The summed E-state index contributed by atoms with van der Waals surface area (Å²) in [4.78, 5) is 2.29. The fourth-order valence-electron chi connectivity index (χ4n) is 2.90. The molecule has 1 aromatic rings. The largest absolute Gasteiger partial charge is 0.492 e. The zero-order valence-electron chi connectivity index (χ0n) is 12.1. The fourth-order valence-corrected chi connectivity index (χ4v) is 3.47. The molecule has 1 aromatic carbocycles. The number of nitrogens with zero attached hydrogens (tertiary/aromatic N) is 1. The maximum atomic E-state index is 6.21. The molecule has 1 saturated heterocycles. The van der Waals surface area contributed by atoms with Gasteiger partial charge in [0.15, 0.2) is 0 Å². The van der Waals surface area contributed by atoms with Crippen molar-refractivity contribution in [1.82, 2.24) is 10.2 Å². The number of halogens is 2. The molecule has 2 aliphatic heterocycles. The van der Waals surface area contributed by atoms with Gasteiger partial charge in [0.05, 0.1) is 24.3 Å². The van der Waals surface area contributed by atoms with Crippen molar-refractivity contribution < 1.29 is 9.47 Å². The van der Waals surface area contributed by atoms with Crippen LogP contribution in [0.15, 0.2) is 12.1 Å². The Morgan fingerprint density at radius 2 is 2.19 bits per heavy atom. The Hall–Kier alpha value is -0.520. The molecule has 21 heavy (non-hydrogen) atoms. The zero-order chi connectivity index (χ0) is 14.8. The summed E-state index contributed by atoms with van der Waals surface area (Å²) in [6, 6.07) is 3.87. The first-order valence-corrected chi connectivity index (χ1v) is 8.04. The van der Waals surface area contributed by atoms with Crippen molar-refractivity contribution in [2.45, 2.75) is 18.6 Å². The van der Waals surface area contributed by atoms with Crippen molar-refractivity contribution in [2.24, 2.45) is 0 Å². The van der Waals surface area contributed by atoms with E-state index in [2.05, 4.69) is 17.3 Å². The number of morpholine rings is 1.